The van der Waals surface area contributed by atoms with Gasteiger partial charge < -0.3 is 45.7 Å². The summed E-state index contributed by atoms with van der Waals surface area (Å²) < 4.78 is 62.5. The van der Waals surface area contributed by atoms with Gasteiger partial charge in [0.05, 0.1) is 123 Å². The minimum absolute atomic E-state index is 0.00822. The molecule has 5 aromatic heterocycles. The first kappa shape index (κ1) is 82.5. The van der Waals surface area contributed by atoms with Crippen LogP contribution < -0.4 is 22.1 Å². The molecule has 0 radical (unpaired) electrons. The largest absolute Gasteiger partial charge is 0.475 e. The number of benzene rings is 8. The summed E-state index contributed by atoms with van der Waals surface area (Å²) in [5.41, 5.74) is 24.0. The van der Waals surface area contributed by atoms with E-state index in [9.17, 15) is 19.3 Å². The number of hydrogen-bond acceptors (Lipinski definition) is 19. The van der Waals surface area contributed by atoms with Crippen LogP contribution in [-0.4, -0.2) is 111 Å². The van der Waals surface area contributed by atoms with Gasteiger partial charge in [0.2, 0.25) is 0 Å². The predicted molar refractivity (Wildman–Crippen MR) is 433 cm³/mol. The summed E-state index contributed by atoms with van der Waals surface area (Å²) in [6.45, 7) is 14.0. The number of fused-ring (bicyclic) bond motifs is 2. The molecule has 111 heavy (non-hydrogen) atoms. The van der Waals surface area contributed by atoms with E-state index in [1.165, 1.54) is 29.8 Å². The monoisotopic (exact) mass is 1540 g/mol. The van der Waals surface area contributed by atoms with Gasteiger partial charge in [-0.15, -0.1) is 10.2 Å². The highest BCUT2D eigenvalue weighted by atomic mass is 31.2. The molecule has 0 bridgehead atoms. The Kier molecular flexibility index (Phi) is 31.9. The number of nitrogens with zero attached hydrogens (tertiary/aromatic N) is 8. The summed E-state index contributed by atoms with van der Waals surface area (Å²) in [7, 11) is -5.26. The zero-order valence-corrected chi connectivity index (χ0v) is 64.7. The lowest BCUT2D eigenvalue weighted by Gasteiger charge is -2.35. The lowest BCUT2D eigenvalue weighted by atomic mass is 10.1. The molecule has 0 spiro atoms. The van der Waals surface area contributed by atoms with E-state index in [0.717, 1.165) is 44.5 Å². The van der Waals surface area contributed by atoms with Gasteiger partial charge in [0.15, 0.2) is 6.33 Å². The van der Waals surface area contributed by atoms with Crippen LogP contribution in [0.1, 0.15) is 95.6 Å². The van der Waals surface area contributed by atoms with Crippen LogP contribution in [0.2, 0.25) is 0 Å². The number of aromatic amines is 1. The van der Waals surface area contributed by atoms with Crippen molar-refractivity contribution in [3.05, 3.63) is 330 Å². The van der Waals surface area contributed by atoms with Crippen molar-refractivity contribution in [2.24, 2.45) is 11.5 Å². The lowest BCUT2D eigenvalue weighted by molar-refractivity contribution is 0.0219. The van der Waals surface area contributed by atoms with Gasteiger partial charge in [-0.25, -0.2) is 18.3 Å². The maximum absolute atomic E-state index is 14.2. The molecule has 13 rings (SSSR count). The van der Waals surface area contributed by atoms with Gasteiger partial charge in [-0.05, 0) is 98.2 Å². The van der Waals surface area contributed by atoms with Crippen LogP contribution in [0.15, 0.2) is 286 Å². The molecular weight excluding hydrogens is 1440 g/mol. The molecule has 0 fully saturated rings. The van der Waals surface area contributed by atoms with Gasteiger partial charge >= 0.3 is 7.82 Å². The Hall–Kier alpha value is -11.0. The molecule has 576 valence electrons. The van der Waals surface area contributed by atoms with Crippen molar-refractivity contribution >= 4 is 50.6 Å². The number of aliphatic hydroxyl groups excluding tert-OH is 1. The molecule has 8 aromatic carbocycles. The number of rotatable bonds is 35. The third-order valence-electron chi connectivity index (χ3n) is 17.5. The molecule has 0 saturated carbocycles. The summed E-state index contributed by atoms with van der Waals surface area (Å²) in [6.07, 6.45) is 7.11. The Bertz CT molecular complexity index is 4800. The van der Waals surface area contributed by atoms with E-state index in [1.54, 1.807) is 9.03 Å². The first-order chi connectivity index (χ1) is 54.0. The lowest BCUT2D eigenvalue weighted by Crippen LogP contribution is -2.38. The van der Waals surface area contributed by atoms with Crippen LogP contribution >= 0.6 is 16.3 Å². The molecule has 24 nitrogen and oxygen atoms in total. The van der Waals surface area contributed by atoms with Crippen molar-refractivity contribution in [2.75, 3.05) is 23.8 Å². The quantitative estimate of drug-likeness (QED) is 0.0201. The maximum atomic E-state index is 14.2. The number of phosphoric acid groups is 1. The van der Waals surface area contributed by atoms with E-state index in [-0.39, 0.29) is 43.7 Å². The summed E-state index contributed by atoms with van der Waals surface area (Å²) in [6, 6.07) is 82.1. The van der Waals surface area contributed by atoms with Crippen LogP contribution in [0.3, 0.4) is 0 Å². The average molecular weight is 1540 g/mol. The van der Waals surface area contributed by atoms with Crippen LogP contribution in [0.5, 0.6) is 0 Å². The number of H-pyrrole nitrogens is 1. The van der Waals surface area contributed by atoms with Crippen molar-refractivity contribution in [2.45, 2.75) is 118 Å². The molecule has 4 atom stereocenters. The highest BCUT2D eigenvalue weighted by Gasteiger charge is 2.33. The highest BCUT2D eigenvalue weighted by Crippen LogP contribution is 2.52. The second kappa shape index (κ2) is 42.9. The number of nitrogens with two attached hydrogens (primary N) is 2. The van der Waals surface area contributed by atoms with Crippen molar-refractivity contribution in [3.8, 4) is 22.3 Å². The molecule has 0 saturated heterocycles. The molecule has 0 aliphatic carbocycles. The maximum Gasteiger partial charge on any atom is 0.475 e. The van der Waals surface area contributed by atoms with Crippen LogP contribution in [-0.2, 0) is 76.3 Å². The van der Waals surface area contributed by atoms with E-state index in [1.807, 2.05) is 257 Å². The molecule has 2 amide bonds. The van der Waals surface area contributed by atoms with Gasteiger partial charge in [-0.3, -0.25) is 23.2 Å². The Morgan fingerprint density at radius 2 is 0.820 bits per heavy atom. The van der Waals surface area contributed by atoms with Gasteiger partial charge in [-0.1, -0.05) is 248 Å². The zero-order valence-electron chi connectivity index (χ0n) is 62.9. The van der Waals surface area contributed by atoms with Gasteiger partial charge in [0.1, 0.15) is 0 Å². The fourth-order valence-corrected chi connectivity index (χ4v) is 14.4. The van der Waals surface area contributed by atoms with Crippen molar-refractivity contribution in [1.82, 2.24) is 44.5 Å². The smallest absolute Gasteiger partial charge is 0.394 e. The summed E-state index contributed by atoms with van der Waals surface area (Å²) in [4.78, 5) is 24.9. The number of ether oxygens (including phenoxy) is 2. The number of tetrazole rings is 1. The van der Waals surface area contributed by atoms with Gasteiger partial charge in [0.25, 0.3) is 20.3 Å². The number of carbonyl (C=O) groups is 2. The molecule has 0 unspecified atom stereocenters. The number of aromatic nitrogens is 8. The third kappa shape index (κ3) is 25.3. The fraction of sp³-hybridized carbons (Fsp3) is 0.235. The molecule has 26 heteroatoms. The first-order valence-electron chi connectivity index (χ1n) is 36.4. The fourth-order valence-electron chi connectivity index (χ4n) is 11.6. The highest BCUT2D eigenvalue weighted by molar-refractivity contribution is 7.48. The summed E-state index contributed by atoms with van der Waals surface area (Å²) in [5, 5.41) is 37.8. The van der Waals surface area contributed by atoms with E-state index in [4.69, 9.17) is 43.6 Å². The van der Waals surface area contributed by atoms with Crippen LogP contribution in [0.25, 0.3) is 33.3 Å². The van der Waals surface area contributed by atoms with Gasteiger partial charge in [-0.2, -0.15) is 15.4 Å². The Morgan fingerprint density at radius 3 is 1.14 bits per heavy atom. The van der Waals surface area contributed by atoms with E-state index < -0.39 is 46.4 Å². The van der Waals surface area contributed by atoms with E-state index in [2.05, 4.69) is 98.1 Å². The Labute approximate surface area is 648 Å². The third-order valence-corrected chi connectivity index (χ3v) is 20.8. The zero-order chi connectivity index (χ0) is 78.2. The summed E-state index contributed by atoms with van der Waals surface area (Å²) >= 11 is 0. The minimum Gasteiger partial charge on any atom is -0.394 e. The number of aliphatic hydroxyl groups is 1. The number of carbonyl (C=O) groups excluding carboxylic acids is 2. The SMILES string of the molecule is CC(C)N(C(C)C)P(OCc1ccccc1)OCc1ccccc1.C[C@@H](OCc1ccccc1)[C@@H](CO)Nc1c(C(N)=O)cnn2cc(-c3ccccc3)cc12.C[C@@H](OCc1ccccc1)[C@@H](COP(=O)(OCc1ccccc1)OCc1ccccc1)Nc1c(C(N)=O)cnn2cc(-c3ccccc3)cc12.c1nn[nH]n1. The number of phosphoric ester groups is 1. The van der Waals surface area contributed by atoms with Crippen molar-refractivity contribution in [3.63, 3.8) is 0 Å². The normalized spacial score (nSPS) is 12.5. The Morgan fingerprint density at radius 1 is 0.477 bits per heavy atom. The topological polar surface area (TPSA) is 304 Å². The molecule has 0 aliphatic heterocycles. The second-order valence-corrected chi connectivity index (χ2v) is 29.4. The molecule has 8 N–H and O–H groups in total. The Balaban J connectivity index is 0.000000183. The second-order valence-electron chi connectivity index (χ2n) is 26.3. The standard InChI is InChI=1S/C39H39N4O6P.C25H26N4O3.C20H28NO2P.CH2N4/c1-29(46-25-30-14-6-2-7-15-30)36(28-49-50(45,47-26-31-16-8-3-9-17-31)48-27-32-18-10-4-11-19-32)42-38-35(39(40)44)23-41-43-24-34(22-37(38)43)33-20-12-5-13-21-33;1-17(32-16-18-8-4-2-5-9-18)22(15-30)28-24-21(25(26)31)13-27-29-14-20(12-23(24)29)19-10-6-3-7-11-19;1-17(2)21(18(3)4)24(22-15-19-11-7-5-8-12-19)23-16-20-13-9-6-10-14-20;1-2-4-5-3-1/h2-24,29,36,42H,25-28H2,1H3,(H2,40,44);2-14,17,22,28,30H,15-16H2,1H3,(H2,26,31);5-14,17-18H,15-16H2,1-4H3;1H,(H,2,3,4,5)/t29-,36-;17-,22-;;/m11../s1. The molecule has 0 aliphatic rings. The number of hydrogen-bond donors (Lipinski definition) is 6. The molecule has 5 heterocycles. The minimum atomic E-state index is -4.15. The van der Waals surface area contributed by atoms with Crippen molar-refractivity contribution < 1.29 is 51.4 Å². The molecular formula is C85H95N13O11P2. The number of amides is 2. The predicted octanol–water partition coefficient (Wildman–Crippen LogP) is 16.5. The number of anilines is 2. The van der Waals surface area contributed by atoms with Crippen molar-refractivity contribution in [1.29, 1.82) is 0 Å². The number of nitrogens with one attached hydrogen (secondary N) is 3. The first-order valence-corrected chi connectivity index (χ1v) is 39.0. The van der Waals surface area contributed by atoms with Crippen LogP contribution in [0, 0.1) is 0 Å². The average Bonchev–Trinajstić information content (AvgIpc) is 1.66. The van der Waals surface area contributed by atoms with E-state index >= 15 is 0 Å². The van der Waals surface area contributed by atoms with Crippen LogP contribution in [0.4, 0.5) is 11.4 Å². The van der Waals surface area contributed by atoms with E-state index in [0.29, 0.717) is 60.9 Å². The van der Waals surface area contributed by atoms with Gasteiger partial charge in [0, 0.05) is 35.6 Å². The summed E-state index contributed by atoms with van der Waals surface area (Å²) in [5.74, 6) is -1.26. The number of primary amides is 2. The molecule has 13 aromatic rings.